The van der Waals surface area contributed by atoms with Crippen LogP contribution in [-0.4, -0.2) is 9.91 Å². The Morgan fingerprint density at radius 1 is 1.44 bits per heavy atom. The van der Waals surface area contributed by atoms with E-state index < -0.39 is 4.92 Å². The number of hydrogen-bond acceptors (Lipinski definition) is 4. The lowest BCUT2D eigenvalue weighted by Gasteiger charge is -1.99. The number of aromatic nitrogens is 1. The normalized spacial score (nSPS) is 9.75. The average Bonchev–Trinajstić information content (AvgIpc) is 2.28. The first kappa shape index (κ1) is 9.88. The van der Waals surface area contributed by atoms with Crippen molar-refractivity contribution in [1.29, 1.82) is 0 Å². The minimum Gasteiger partial charge on any atom is -0.258 e. The highest BCUT2D eigenvalue weighted by molar-refractivity contribution is 5.83. The van der Waals surface area contributed by atoms with Gasteiger partial charge in [-0.15, -0.1) is 0 Å². The number of para-hydroxylation sites is 1. The Balaban J connectivity index is 2.80. The van der Waals surface area contributed by atoms with Gasteiger partial charge in [-0.2, -0.15) is 0 Å². The summed E-state index contributed by atoms with van der Waals surface area (Å²) in [6.07, 6.45) is 0. The topological polar surface area (TPSA) is 105 Å². The van der Waals surface area contributed by atoms with Crippen molar-refractivity contribution in [3.63, 3.8) is 0 Å². The fourth-order valence-electron chi connectivity index (χ4n) is 1.34. The molecule has 0 radical (unpaired) electrons. The Bertz CT molecular complexity index is 578. The third-order valence-corrected chi connectivity index (χ3v) is 2.02. The summed E-state index contributed by atoms with van der Waals surface area (Å²) in [5.74, 6) is -0.216. The summed E-state index contributed by atoms with van der Waals surface area (Å²) >= 11 is 0. The zero-order valence-corrected chi connectivity index (χ0v) is 7.94. The van der Waals surface area contributed by atoms with Crippen LogP contribution in [0, 0.1) is 10.1 Å². The largest absolute Gasteiger partial charge is 0.298 e. The average molecular weight is 215 g/mol. The molecule has 0 spiro atoms. The lowest BCUT2D eigenvalue weighted by Crippen LogP contribution is -1.91. The maximum Gasteiger partial charge on any atom is 0.298 e. The minimum absolute atomic E-state index is 0.216. The summed E-state index contributed by atoms with van der Waals surface area (Å²) < 4.78 is 0. The smallest absolute Gasteiger partial charge is 0.258 e. The third kappa shape index (κ3) is 1.62. The Morgan fingerprint density at radius 3 is 2.88 bits per heavy atom. The second-order valence-corrected chi connectivity index (χ2v) is 2.97. The van der Waals surface area contributed by atoms with Crippen LogP contribution in [0.25, 0.3) is 21.3 Å². The van der Waals surface area contributed by atoms with Gasteiger partial charge in [-0.25, -0.2) is 4.98 Å². The molecule has 7 nitrogen and oxygen atoms in total. The molecule has 1 aromatic heterocycles. The van der Waals surface area contributed by atoms with Crippen LogP contribution >= 0.6 is 0 Å². The number of nitrogens with zero attached hydrogens (tertiary/aromatic N) is 5. The molecule has 7 heteroatoms. The standard InChI is InChI=1S/C9H5N5O2/c10-13-12-9-8(14(15)16)5-6-3-1-2-4-7(6)11-9/h1-5H. The molecule has 78 valence electrons. The van der Waals surface area contributed by atoms with E-state index in [4.69, 9.17) is 5.53 Å². The van der Waals surface area contributed by atoms with Gasteiger partial charge < -0.3 is 0 Å². The van der Waals surface area contributed by atoms with Gasteiger partial charge in [0.25, 0.3) is 5.69 Å². The van der Waals surface area contributed by atoms with E-state index in [9.17, 15) is 10.1 Å². The van der Waals surface area contributed by atoms with E-state index in [1.165, 1.54) is 6.07 Å². The molecule has 0 saturated heterocycles. The number of azide groups is 1. The van der Waals surface area contributed by atoms with Crippen molar-refractivity contribution in [2.24, 2.45) is 5.11 Å². The molecule has 2 aromatic rings. The Hall–Kier alpha value is -2.66. The summed E-state index contributed by atoms with van der Waals surface area (Å²) in [6.45, 7) is 0. The molecule has 0 aliphatic heterocycles. The second-order valence-electron chi connectivity index (χ2n) is 2.97. The first-order chi connectivity index (χ1) is 7.72. The monoisotopic (exact) mass is 215 g/mol. The molecule has 1 aromatic carbocycles. The predicted molar refractivity (Wildman–Crippen MR) is 57.2 cm³/mol. The second kappa shape index (κ2) is 3.84. The van der Waals surface area contributed by atoms with Gasteiger partial charge in [0, 0.05) is 16.4 Å². The van der Waals surface area contributed by atoms with Gasteiger partial charge in [0.05, 0.1) is 10.4 Å². The van der Waals surface area contributed by atoms with Crippen LogP contribution in [0.15, 0.2) is 35.4 Å². The number of fused-ring (bicyclic) bond motifs is 1. The van der Waals surface area contributed by atoms with Crippen LogP contribution in [0.2, 0.25) is 0 Å². The highest BCUT2D eigenvalue weighted by atomic mass is 16.6. The van der Waals surface area contributed by atoms with Gasteiger partial charge in [0.15, 0.2) is 0 Å². The quantitative estimate of drug-likeness (QED) is 0.252. The van der Waals surface area contributed by atoms with Gasteiger partial charge in [0.2, 0.25) is 5.82 Å². The lowest BCUT2D eigenvalue weighted by molar-refractivity contribution is -0.384. The molecule has 16 heavy (non-hydrogen) atoms. The van der Waals surface area contributed by atoms with Crippen LogP contribution in [0.1, 0.15) is 0 Å². The van der Waals surface area contributed by atoms with Crippen LogP contribution in [0.3, 0.4) is 0 Å². The van der Waals surface area contributed by atoms with Crippen molar-refractivity contribution >= 4 is 22.4 Å². The van der Waals surface area contributed by atoms with Crippen LogP contribution in [-0.2, 0) is 0 Å². The fourth-order valence-corrected chi connectivity index (χ4v) is 1.34. The molecule has 0 bridgehead atoms. The van der Waals surface area contributed by atoms with Gasteiger partial charge in [-0.1, -0.05) is 18.2 Å². The summed E-state index contributed by atoms with van der Waals surface area (Å²) in [7, 11) is 0. The van der Waals surface area contributed by atoms with Crippen LogP contribution in [0.5, 0.6) is 0 Å². The fraction of sp³-hybridized carbons (Fsp3) is 0. The van der Waals surface area contributed by atoms with Crippen molar-refractivity contribution < 1.29 is 4.92 Å². The van der Waals surface area contributed by atoms with Crippen LogP contribution in [0.4, 0.5) is 11.5 Å². The molecule has 0 atom stereocenters. The zero-order valence-electron chi connectivity index (χ0n) is 7.94. The maximum absolute atomic E-state index is 10.7. The molecule has 1 heterocycles. The summed E-state index contributed by atoms with van der Waals surface area (Å²) in [5, 5.41) is 14.6. The van der Waals surface area contributed by atoms with Crippen molar-refractivity contribution in [1.82, 2.24) is 4.98 Å². The van der Waals surface area contributed by atoms with E-state index in [0.717, 1.165) is 0 Å². The summed E-state index contributed by atoms with van der Waals surface area (Å²) in [5.41, 5.74) is 8.55. The van der Waals surface area contributed by atoms with Crippen molar-refractivity contribution in [3.8, 4) is 0 Å². The van der Waals surface area contributed by atoms with Crippen molar-refractivity contribution in [3.05, 3.63) is 50.9 Å². The minimum atomic E-state index is -0.622. The van der Waals surface area contributed by atoms with Crippen molar-refractivity contribution in [2.75, 3.05) is 0 Å². The Kier molecular flexibility index (Phi) is 2.37. The van der Waals surface area contributed by atoms with Crippen molar-refractivity contribution in [2.45, 2.75) is 0 Å². The molecule has 2 rings (SSSR count). The molecule has 0 aliphatic carbocycles. The van der Waals surface area contributed by atoms with Gasteiger partial charge >= 0.3 is 0 Å². The van der Waals surface area contributed by atoms with Gasteiger partial charge in [-0.05, 0) is 16.7 Å². The lowest BCUT2D eigenvalue weighted by atomic mass is 10.2. The Labute approximate surface area is 89.1 Å². The van der Waals surface area contributed by atoms with E-state index in [-0.39, 0.29) is 11.5 Å². The summed E-state index contributed by atoms with van der Waals surface area (Å²) in [6, 6.07) is 8.24. The van der Waals surface area contributed by atoms with E-state index in [1.54, 1.807) is 24.3 Å². The zero-order chi connectivity index (χ0) is 11.5. The first-order valence-electron chi connectivity index (χ1n) is 4.31. The number of pyridine rings is 1. The molecule has 0 N–H and O–H groups in total. The van der Waals surface area contributed by atoms with E-state index in [1.807, 2.05) is 0 Å². The first-order valence-corrected chi connectivity index (χ1v) is 4.31. The molecule has 0 aliphatic rings. The number of hydrogen-bond donors (Lipinski definition) is 0. The molecule has 0 saturated carbocycles. The van der Waals surface area contributed by atoms with Gasteiger partial charge in [0.1, 0.15) is 0 Å². The highest BCUT2D eigenvalue weighted by Crippen LogP contribution is 2.28. The molecule has 0 unspecified atom stereocenters. The molecule has 0 amide bonds. The summed E-state index contributed by atoms with van der Waals surface area (Å²) in [4.78, 5) is 16.5. The molecule has 0 fully saturated rings. The third-order valence-electron chi connectivity index (χ3n) is 2.02. The number of benzene rings is 1. The maximum atomic E-state index is 10.7. The highest BCUT2D eigenvalue weighted by Gasteiger charge is 2.15. The SMILES string of the molecule is [N-]=[N+]=Nc1nc2ccccc2cc1[N+](=O)[O-]. The van der Waals surface area contributed by atoms with Crippen LogP contribution < -0.4 is 0 Å². The van der Waals surface area contributed by atoms with E-state index in [0.29, 0.717) is 10.9 Å². The number of rotatable bonds is 2. The van der Waals surface area contributed by atoms with Gasteiger partial charge in [-0.3, -0.25) is 10.1 Å². The van der Waals surface area contributed by atoms with E-state index >= 15 is 0 Å². The van der Waals surface area contributed by atoms with E-state index in [2.05, 4.69) is 15.0 Å². The molecular weight excluding hydrogens is 210 g/mol. The number of nitro groups is 1. The predicted octanol–water partition coefficient (Wildman–Crippen LogP) is 3.08. The molecular formula is C9H5N5O2. The Morgan fingerprint density at radius 2 is 2.19 bits per heavy atom.